The molecule has 2 fully saturated rings. The summed E-state index contributed by atoms with van der Waals surface area (Å²) in [7, 11) is 0. The van der Waals surface area contributed by atoms with Crippen molar-refractivity contribution in [3.63, 3.8) is 0 Å². The van der Waals surface area contributed by atoms with Gasteiger partial charge in [-0.15, -0.1) is 0 Å². The van der Waals surface area contributed by atoms with E-state index in [-0.39, 0.29) is 11.7 Å². The van der Waals surface area contributed by atoms with Crippen LogP contribution in [0, 0.1) is 0 Å². The van der Waals surface area contributed by atoms with Gasteiger partial charge in [-0.25, -0.2) is 0 Å². The minimum atomic E-state index is -0.385. The second kappa shape index (κ2) is 7.38. The van der Waals surface area contributed by atoms with Gasteiger partial charge in [0, 0.05) is 25.9 Å². The summed E-state index contributed by atoms with van der Waals surface area (Å²) in [5.41, 5.74) is 0. The molecule has 0 aromatic heterocycles. The van der Waals surface area contributed by atoms with Crippen LogP contribution in [-0.4, -0.2) is 67.4 Å². The van der Waals surface area contributed by atoms with E-state index in [0.29, 0.717) is 19.8 Å². The Hall–Kier alpha value is -0.650. The van der Waals surface area contributed by atoms with Crippen molar-refractivity contribution in [1.29, 1.82) is 0 Å². The van der Waals surface area contributed by atoms with Gasteiger partial charge in [-0.2, -0.15) is 0 Å². The van der Waals surface area contributed by atoms with E-state index in [1.807, 2.05) is 4.90 Å². The standard InChI is InChI=1S/C15H28N2O3/c1-3-5-8-16(4-2)13-14(18)17-9-6-15(7-10-17)19-11-12-20-15/h3-13H2,1-2H3. The fourth-order valence-corrected chi connectivity index (χ4v) is 2.90. The van der Waals surface area contributed by atoms with E-state index in [4.69, 9.17) is 9.47 Å². The summed E-state index contributed by atoms with van der Waals surface area (Å²) in [6.45, 7) is 9.69. The number of carbonyl (C=O) groups excluding carboxylic acids is 1. The topological polar surface area (TPSA) is 42.0 Å². The molecule has 0 bridgehead atoms. The third kappa shape index (κ3) is 3.93. The molecule has 0 aliphatic carbocycles. The highest BCUT2D eigenvalue weighted by molar-refractivity contribution is 5.78. The average Bonchev–Trinajstić information content (AvgIpc) is 2.92. The maximum atomic E-state index is 12.3. The Balaban J connectivity index is 1.76. The smallest absolute Gasteiger partial charge is 0.236 e. The number of likely N-dealkylation sites (N-methyl/N-ethyl adjacent to an activating group) is 1. The summed E-state index contributed by atoms with van der Waals surface area (Å²) >= 11 is 0. The number of ether oxygens (including phenoxy) is 2. The van der Waals surface area contributed by atoms with Gasteiger partial charge in [0.15, 0.2) is 5.79 Å². The molecule has 2 rings (SSSR count). The van der Waals surface area contributed by atoms with E-state index in [1.165, 1.54) is 6.42 Å². The SMILES string of the molecule is CCCCN(CC)CC(=O)N1CCC2(CC1)OCCO2. The zero-order valence-electron chi connectivity index (χ0n) is 12.9. The largest absolute Gasteiger partial charge is 0.347 e. The average molecular weight is 284 g/mol. The Kier molecular flexibility index (Phi) is 5.81. The molecule has 20 heavy (non-hydrogen) atoms. The van der Waals surface area contributed by atoms with E-state index in [9.17, 15) is 4.79 Å². The lowest BCUT2D eigenvalue weighted by Crippen LogP contribution is -2.49. The van der Waals surface area contributed by atoms with Crippen LogP contribution >= 0.6 is 0 Å². The zero-order chi connectivity index (χ0) is 14.4. The highest BCUT2D eigenvalue weighted by Crippen LogP contribution is 2.31. The van der Waals surface area contributed by atoms with Crippen LogP contribution in [0.4, 0.5) is 0 Å². The van der Waals surface area contributed by atoms with Crippen molar-refractivity contribution in [2.24, 2.45) is 0 Å². The van der Waals surface area contributed by atoms with Gasteiger partial charge in [0.1, 0.15) is 0 Å². The Labute approximate surface area is 122 Å². The van der Waals surface area contributed by atoms with Crippen LogP contribution in [0.15, 0.2) is 0 Å². The molecule has 2 saturated heterocycles. The van der Waals surface area contributed by atoms with E-state index in [1.54, 1.807) is 0 Å². The molecular formula is C15H28N2O3. The molecule has 0 saturated carbocycles. The lowest BCUT2D eigenvalue weighted by molar-refractivity contribution is -0.187. The van der Waals surface area contributed by atoms with Gasteiger partial charge in [-0.05, 0) is 19.5 Å². The molecule has 0 unspecified atom stereocenters. The van der Waals surface area contributed by atoms with Crippen LogP contribution < -0.4 is 0 Å². The lowest BCUT2D eigenvalue weighted by atomic mass is 10.0. The number of nitrogens with zero attached hydrogens (tertiary/aromatic N) is 2. The summed E-state index contributed by atoms with van der Waals surface area (Å²) < 4.78 is 11.4. The third-order valence-electron chi connectivity index (χ3n) is 4.33. The van der Waals surface area contributed by atoms with Crippen molar-refractivity contribution in [2.75, 3.05) is 45.9 Å². The summed E-state index contributed by atoms with van der Waals surface area (Å²) in [4.78, 5) is 16.5. The molecule has 0 aromatic carbocycles. The van der Waals surface area contributed by atoms with Crippen LogP contribution in [-0.2, 0) is 14.3 Å². The van der Waals surface area contributed by atoms with Crippen molar-refractivity contribution < 1.29 is 14.3 Å². The maximum Gasteiger partial charge on any atom is 0.236 e. The van der Waals surface area contributed by atoms with Gasteiger partial charge in [-0.1, -0.05) is 20.3 Å². The monoisotopic (exact) mass is 284 g/mol. The van der Waals surface area contributed by atoms with Crippen molar-refractivity contribution in [2.45, 2.75) is 45.3 Å². The zero-order valence-corrected chi connectivity index (χ0v) is 12.9. The molecule has 5 nitrogen and oxygen atoms in total. The molecule has 2 aliphatic rings. The molecule has 2 heterocycles. The first kappa shape index (κ1) is 15.7. The first-order chi connectivity index (χ1) is 9.69. The highest BCUT2D eigenvalue weighted by Gasteiger charge is 2.40. The van der Waals surface area contributed by atoms with E-state index < -0.39 is 0 Å². The van der Waals surface area contributed by atoms with E-state index in [0.717, 1.165) is 45.4 Å². The molecular weight excluding hydrogens is 256 g/mol. The Bertz CT molecular complexity index is 306. The van der Waals surface area contributed by atoms with Crippen molar-refractivity contribution in [1.82, 2.24) is 9.80 Å². The Morgan fingerprint density at radius 1 is 1.20 bits per heavy atom. The van der Waals surface area contributed by atoms with Crippen LogP contribution in [0.5, 0.6) is 0 Å². The quantitative estimate of drug-likeness (QED) is 0.741. The number of piperidine rings is 1. The van der Waals surface area contributed by atoms with Crippen LogP contribution in [0.2, 0.25) is 0 Å². The van der Waals surface area contributed by atoms with Crippen molar-refractivity contribution in [3.05, 3.63) is 0 Å². The Morgan fingerprint density at radius 3 is 2.40 bits per heavy atom. The van der Waals surface area contributed by atoms with Crippen molar-refractivity contribution in [3.8, 4) is 0 Å². The number of amides is 1. The number of hydrogen-bond acceptors (Lipinski definition) is 4. The van der Waals surface area contributed by atoms with Gasteiger partial charge in [0.05, 0.1) is 19.8 Å². The fraction of sp³-hybridized carbons (Fsp3) is 0.933. The van der Waals surface area contributed by atoms with Gasteiger partial charge in [-0.3, -0.25) is 9.69 Å². The number of unbranched alkanes of at least 4 members (excludes halogenated alkanes) is 1. The first-order valence-corrected chi connectivity index (χ1v) is 7.97. The Morgan fingerprint density at radius 2 is 1.85 bits per heavy atom. The van der Waals surface area contributed by atoms with Crippen LogP contribution in [0.1, 0.15) is 39.5 Å². The molecule has 116 valence electrons. The minimum Gasteiger partial charge on any atom is -0.347 e. The van der Waals surface area contributed by atoms with Crippen LogP contribution in [0.25, 0.3) is 0 Å². The van der Waals surface area contributed by atoms with Crippen LogP contribution in [0.3, 0.4) is 0 Å². The van der Waals surface area contributed by atoms with E-state index in [2.05, 4.69) is 18.7 Å². The number of likely N-dealkylation sites (tertiary alicyclic amines) is 1. The molecule has 1 amide bonds. The van der Waals surface area contributed by atoms with Gasteiger partial charge < -0.3 is 14.4 Å². The van der Waals surface area contributed by atoms with Gasteiger partial charge in [0.2, 0.25) is 5.91 Å². The first-order valence-electron chi connectivity index (χ1n) is 7.97. The normalized spacial score (nSPS) is 21.9. The summed E-state index contributed by atoms with van der Waals surface area (Å²) in [5, 5.41) is 0. The van der Waals surface area contributed by atoms with Gasteiger partial charge in [0.25, 0.3) is 0 Å². The molecule has 0 aromatic rings. The molecule has 0 radical (unpaired) electrons. The summed E-state index contributed by atoms with van der Waals surface area (Å²) in [6, 6.07) is 0. The minimum absolute atomic E-state index is 0.246. The maximum absolute atomic E-state index is 12.3. The van der Waals surface area contributed by atoms with Crippen molar-refractivity contribution >= 4 is 5.91 Å². The number of carbonyl (C=O) groups is 1. The summed E-state index contributed by atoms with van der Waals surface area (Å²) in [6.07, 6.45) is 3.94. The predicted molar refractivity (Wildman–Crippen MR) is 77.5 cm³/mol. The second-order valence-electron chi connectivity index (χ2n) is 5.71. The van der Waals surface area contributed by atoms with E-state index >= 15 is 0 Å². The number of hydrogen-bond donors (Lipinski definition) is 0. The second-order valence-corrected chi connectivity index (χ2v) is 5.71. The lowest BCUT2D eigenvalue weighted by Gasteiger charge is -2.38. The number of rotatable bonds is 6. The fourth-order valence-electron chi connectivity index (χ4n) is 2.90. The van der Waals surface area contributed by atoms with Gasteiger partial charge >= 0.3 is 0 Å². The molecule has 0 N–H and O–H groups in total. The molecule has 0 atom stereocenters. The summed E-state index contributed by atoms with van der Waals surface area (Å²) in [5.74, 6) is -0.139. The predicted octanol–water partition coefficient (Wildman–Crippen LogP) is 1.47. The third-order valence-corrected chi connectivity index (χ3v) is 4.33. The molecule has 1 spiro atoms. The molecule has 2 aliphatic heterocycles. The molecule has 5 heteroatoms. The highest BCUT2D eigenvalue weighted by atomic mass is 16.7.